The minimum atomic E-state index is -0.891. The normalized spacial score (nSPS) is 11.3. The van der Waals surface area contributed by atoms with Crippen LogP contribution in [0.2, 0.25) is 0 Å². The van der Waals surface area contributed by atoms with Crippen LogP contribution < -0.4 is 10.6 Å². The molecule has 0 rings (SSSR count). The summed E-state index contributed by atoms with van der Waals surface area (Å²) in [6.07, 6.45) is 5.56. The summed E-state index contributed by atoms with van der Waals surface area (Å²) in [4.78, 5) is 21.9. The molecule has 17 heavy (non-hydrogen) atoms. The first-order valence-corrected chi connectivity index (χ1v) is 6.53. The highest BCUT2D eigenvalue weighted by Gasteiger charge is 2.15. The SMILES string of the molecule is C#CCSCCNC(=O)NCC(CC)C(=O)O. The van der Waals surface area contributed by atoms with E-state index in [1.807, 2.05) is 0 Å². The predicted molar refractivity (Wildman–Crippen MR) is 69.0 cm³/mol. The van der Waals surface area contributed by atoms with Gasteiger partial charge in [-0.25, -0.2) is 4.79 Å². The smallest absolute Gasteiger partial charge is 0.314 e. The van der Waals surface area contributed by atoms with Crippen molar-refractivity contribution in [2.24, 2.45) is 5.92 Å². The molecule has 1 unspecified atom stereocenters. The maximum absolute atomic E-state index is 11.3. The standard InChI is InChI=1S/C11H18N2O3S/c1-3-6-17-7-5-12-11(16)13-8-9(4-2)10(14)15/h1,9H,4-8H2,2H3,(H,14,15)(H2,12,13,16). The van der Waals surface area contributed by atoms with Gasteiger partial charge in [-0.05, 0) is 6.42 Å². The average molecular weight is 258 g/mol. The van der Waals surface area contributed by atoms with E-state index in [2.05, 4.69) is 16.6 Å². The largest absolute Gasteiger partial charge is 0.481 e. The summed E-state index contributed by atoms with van der Waals surface area (Å²) in [5.41, 5.74) is 0. The number of aliphatic carboxylic acids is 1. The number of rotatable bonds is 8. The van der Waals surface area contributed by atoms with Crippen LogP contribution >= 0.6 is 11.8 Å². The van der Waals surface area contributed by atoms with Gasteiger partial charge in [-0.2, -0.15) is 0 Å². The molecule has 0 heterocycles. The quantitative estimate of drug-likeness (QED) is 0.444. The third kappa shape index (κ3) is 8.46. The van der Waals surface area contributed by atoms with Gasteiger partial charge in [0, 0.05) is 18.8 Å². The lowest BCUT2D eigenvalue weighted by Gasteiger charge is -2.11. The Morgan fingerprint density at radius 3 is 2.71 bits per heavy atom. The zero-order valence-electron chi connectivity index (χ0n) is 9.86. The van der Waals surface area contributed by atoms with E-state index in [1.54, 1.807) is 18.7 Å². The van der Waals surface area contributed by atoms with Gasteiger partial charge in [0.15, 0.2) is 0 Å². The monoisotopic (exact) mass is 258 g/mol. The predicted octanol–water partition coefficient (Wildman–Crippen LogP) is 0.763. The first-order chi connectivity index (χ1) is 8.11. The molecule has 2 amide bonds. The van der Waals surface area contributed by atoms with Crippen molar-refractivity contribution in [3.05, 3.63) is 0 Å². The van der Waals surface area contributed by atoms with E-state index in [9.17, 15) is 9.59 Å². The number of nitrogens with one attached hydrogen (secondary N) is 2. The lowest BCUT2D eigenvalue weighted by Crippen LogP contribution is -2.40. The first kappa shape index (κ1) is 15.7. The number of hydrogen-bond acceptors (Lipinski definition) is 3. The second-order valence-electron chi connectivity index (χ2n) is 3.34. The molecular weight excluding hydrogens is 240 g/mol. The van der Waals surface area contributed by atoms with E-state index in [0.29, 0.717) is 18.7 Å². The zero-order valence-corrected chi connectivity index (χ0v) is 10.7. The van der Waals surface area contributed by atoms with Crippen molar-refractivity contribution < 1.29 is 14.7 Å². The minimum Gasteiger partial charge on any atom is -0.481 e. The third-order valence-electron chi connectivity index (χ3n) is 2.07. The molecule has 0 radical (unpaired) electrons. The fourth-order valence-electron chi connectivity index (χ4n) is 1.05. The molecule has 0 fully saturated rings. The molecule has 0 aromatic rings. The molecule has 6 heteroatoms. The highest BCUT2D eigenvalue weighted by atomic mass is 32.2. The Labute approximate surface area is 106 Å². The first-order valence-electron chi connectivity index (χ1n) is 5.37. The second kappa shape index (κ2) is 9.85. The summed E-state index contributed by atoms with van der Waals surface area (Å²) in [7, 11) is 0. The Kier molecular flexibility index (Phi) is 9.06. The van der Waals surface area contributed by atoms with E-state index in [-0.39, 0.29) is 12.6 Å². The van der Waals surface area contributed by atoms with Gasteiger partial charge in [0.05, 0.1) is 11.7 Å². The van der Waals surface area contributed by atoms with Gasteiger partial charge in [0.2, 0.25) is 0 Å². The van der Waals surface area contributed by atoms with Crippen LogP contribution in [0.15, 0.2) is 0 Å². The highest BCUT2D eigenvalue weighted by Crippen LogP contribution is 2.00. The Morgan fingerprint density at radius 1 is 1.47 bits per heavy atom. The Balaban J connectivity index is 3.59. The van der Waals surface area contributed by atoms with Crippen molar-refractivity contribution in [3.8, 4) is 12.3 Å². The van der Waals surface area contributed by atoms with E-state index < -0.39 is 11.9 Å². The molecule has 0 bridgehead atoms. The van der Waals surface area contributed by atoms with Gasteiger partial charge < -0.3 is 15.7 Å². The summed E-state index contributed by atoms with van der Waals surface area (Å²) < 4.78 is 0. The van der Waals surface area contributed by atoms with Gasteiger partial charge in [0.1, 0.15) is 0 Å². The third-order valence-corrected chi connectivity index (χ3v) is 2.93. The van der Waals surface area contributed by atoms with Crippen LogP contribution in [0.4, 0.5) is 4.79 Å². The fourth-order valence-corrected chi connectivity index (χ4v) is 1.56. The number of carbonyl (C=O) groups excluding carboxylic acids is 1. The number of thioether (sulfide) groups is 1. The summed E-state index contributed by atoms with van der Waals surface area (Å²) in [5, 5.41) is 13.9. The molecule has 5 nitrogen and oxygen atoms in total. The zero-order chi connectivity index (χ0) is 13.1. The molecule has 0 spiro atoms. The number of carbonyl (C=O) groups is 2. The molecule has 96 valence electrons. The number of terminal acetylenes is 1. The van der Waals surface area contributed by atoms with Crippen LogP contribution in [-0.4, -0.2) is 41.7 Å². The Bertz CT molecular complexity index is 289. The molecule has 0 saturated heterocycles. The van der Waals surface area contributed by atoms with Gasteiger partial charge in [-0.15, -0.1) is 18.2 Å². The van der Waals surface area contributed by atoms with Gasteiger partial charge in [-0.1, -0.05) is 12.8 Å². The Hall–Kier alpha value is -1.35. The molecule has 0 aliphatic heterocycles. The van der Waals surface area contributed by atoms with Crippen LogP contribution in [0, 0.1) is 18.3 Å². The van der Waals surface area contributed by atoms with Crippen LogP contribution in [-0.2, 0) is 4.79 Å². The van der Waals surface area contributed by atoms with Crippen LogP contribution in [0.25, 0.3) is 0 Å². The summed E-state index contributed by atoms with van der Waals surface area (Å²) in [6.45, 7) is 2.44. The van der Waals surface area contributed by atoms with Crippen molar-refractivity contribution in [3.63, 3.8) is 0 Å². The number of urea groups is 1. The van der Waals surface area contributed by atoms with Crippen LogP contribution in [0.1, 0.15) is 13.3 Å². The van der Waals surface area contributed by atoms with Crippen molar-refractivity contribution in [2.45, 2.75) is 13.3 Å². The maximum Gasteiger partial charge on any atom is 0.314 e. The van der Waals surface area contributed by atoms with Crippen LogP contribution in [0.5, 0.6) is 0 Å². The van der Waals surface area contributed by atoms with Crippen molar-refractivity contribution >= 4 is 23.8 Å². The van der Waals surface area contributed by atoms with Crippen LogP contribution in [0.3, 0.4) is 0 Å². The lowest BCUT2D eigenvalue weighted by atomic mass is 10.1. The average Bonchev–Trinajstić information content (AvgIpc) is 2.29. The van der Waals surface area contributed by atoms with Gasteiger partial charge in [0.25, 0.3) is 0 Å². The summed E-state index contributed by atoms with van der Waals surface area (Å²) in [5.74, 6) is 2.43. The molecule has 0 aromatic heterocycles. The molecule has 0 aliphatic carbocycles. The van der Waals surface area contributed by atoms with E-state index in [1.165, 1.54) is 0 Å². The molecule has 3 N–H and O–H groups in total. The lowest BCUT2D eigenvalue weighted by molar-refractivity contribution is -0.141. The van der Waals surface area contributed by atoms with Crippen molar-refractivity contribution in [1.29, 1.82) is 0 Å². The summed E-state index contributed by atoms with van der Waals surface area (Å²) in [6, 6.07) is -0.342. The van der Waals surface area contributed by atoms with Crippen molar-refractivity contribution in [2.75, 3.05) is 24.6 Å². The van der Waals surface area contributed by atoms with E-state index in [4.69, 9.17) is 11.5 Å². The number of carboxylic acid groups (broad SMARTS) is 1. The molecule has 0 aliphatic rings. The molecule has 0 aromatic carbocycles. The van der Waals surface area contributed by atoms with Gasteiger partial charge in [-0.3, -0.25) is 4.79 Å². The minimum absolute atomic E-state index is 0.148. The van der Waals surface area contributed by atoms with E-state index in [0.717, 1.165) is 5.75 Å². The van der Waals surface area contributed by atoms with E-state index >= 15 is 0 Å². The maximum atomic E-state index is 11.3. The molecule has 0 saturated carbocycles. The highest BCUT2D eigenvalue weighted by molar-refractivity contribution is 7.99. The summed E-state index contributed by atoms with van der Waals surface area (Å²) >= 11 is 1.56. The number of carboxylic acids is 1. The van der Waals surface area contributed by atoms with Crippen molar-refractivity contribution in [1.82, 2.24) is 10.6 Å². The molecule has 1 atom stereocenters. The number of hydrogen-bond donors (Lipinski definition) is 3. The second-order valence-corrected chi connectivity index (χ2v) is 4.44. The van der Waals surface area contributed by atoms with Gasteiger partial charge >= 0.3 is 12.0 Å². The topological polar surface area (TPSA) is 78.4 Å². The Morgan fingerprint density at radius 2 is 2.18 bits per heavy atom. The molecular formula is C11H18N2O3S. The number of amides is 2. The fraction of sp³-hybridized carbons (Fsp3) is 0.636.